The van der Waals surface area contributed by atoms with E-state index in [1.54, 1.807) is 11.3 Å². The Balaban J connectivity index is 1.95. The highest BCUT2D eigenvalue weighted by Gasteiger charge is 2.21. The fraction of sp³-hybridized carbons (Fsp3) is 0.500. The van der Waals surface area contributed by atoms with Gasteiger partial charge in [0.15, 0.2) is 5.13 Å². The topological polar surface area (TPSA) is 54.0 Å². The molecule has 2 N–H and O–H groups in total. The largest absolute Gasteiger partial charge is 0.356 e. The van der Waals surface area contributed by atoms with Crippen LogP contribution in [0.15, 0.2) is 5.38 Å². The van der Waals surface area contributed by atoms with Crippen molar-refractivity contribution in [2.24, 2.45) is 0 Å². The smallest absolute Gasteiger partial charge is 0.222 e. The number of amides is 1. The summed E-state index contributed by atoms with van der Waals surface area (Å²) in [5, 5.41) is 8.88. The molecule has 0 radical (unpaired) electrons. The number of hydrogen-bond acceptors (Lipinski definition) is 4. The molecule has 1 aliphatic heterocycles. The van der Waals surface area contributed by atoms with Crippen molar-refractivity contribution >= 4 is 22.4 Å². The van der Waals surface area contributed by atoms with Gasteiger partial charge in [0.1, 0.15) is 0 Å². The van der Waals surface area contributed by atoms with Crippen molar-refractivity contribution in [2.75, 3.05) is 11.9 Å². The molecule has 1 saturated heterocycles. The van der Waals surface area contributed by atoms with Crippen LogP contribution in [-0.2, 0) is 4.79 Å². The monoisotopic (exact) mass is 197 g/mol. The Kier molecular flexibility index (Phi) is 2.18. The summed E-state index contributed by atoms with van der Waals surface area (Å²) in [5.74, 6) is 0.116. The molecule has 1 amide bonds. The van der Waals surface area contributed by atoms with Crippen LogP contribution in [-0.4, -0.2) is 23.5 Å². The number of aryl methyl sites for hydroxylation is 1. The molecule has 1 fully saturated rings. The summed E-state index contributed by atoms with van der Waals surface area (Å²) in [6, 6.07) is 0.207. The quantitative estimate of drug-likeness (QED) is 0.735. The molecular weight excluding hydrogens is 186 g/mol. The fourth-order valence-electron chi connectivity index (χ4n) is 1.30. The van der Waals surface area contributed by atoms with E-state index in [1.165, 1.54) is 0 Å². The third-order valence-electron chi connectivity index (χ3n) is 1.92. The van der Waals surface area contributed by atoms with E-state index in [-0.39, 0.29) is 11.9 Å². The van der Waals surface area contributed by atoms with E-state index in [2.05, 4.69) is 15.6 Å². The second-order valence-electron chi connectivity index (χ2n) is 3.14. The molecule has 4 nitrogen and oxygen atoms in total. The number of carbonyl (C=O) groups is 1. The summed E-state index contributed by atoms with van der Waals surface area (Å²) in [4.78, 5) is 15.1. The van der Waals surface area contributed by atoms with Crippen molar-refractivity contribution in [1.29, 1.82) is 0 Å². The zero-order chi connectivity index (χ0) is 9.26. The Bertz CT molecular complexity index is 323. The Morgan fingerprint density at radius 3 is 3.15 bits per heavy atom. The zero-order valence-electron chi connectivity index (χ0n) is 7.33. The van der Waals surface area contributed by atoms with Gasteiger partial charge in [-0.3, -0.25) is 4.79 Å². The van der Waals surface area contributed by atoms with Gasteiger partial charge in [-0.25, -0.2) is 4.98 Å². The van der Waals surface area contributed by atoms with Crippen molar-refractivity contribution < 1.29 is 4.79 Å². The normalized spacial score (nSPS) is 21.6. The third kappa shape index (κ3) is 1.98. The lowest BCUT2D eigenvalue weighted by Gasteiger charge is -2.07. The van der Waals surface area contributed by atoms with Crippen LogP contribution in [0.5, 0.6) is 0 Å². The summed E-state index contributed by atoms with van der Waals surface area (Å²) in [6.07, 6.45) is 0.554. The Morgan fingerprint density at radius 1 is 1.77 bits per heavy atom. The van der Waals surface area contributed by atoms with Gasteiger partial charge in [-0.05, 0) is 6.92 Å². The van der Waals surface area contributed by atoms with E-state index in [0.29, 0.717) is 13.0 Å². The van der Waals surface area contributed by atoms with Gasteiger partial charge in [0.25, 0.3) is 0 Å². The van der Waals surface area contributed by atoms with Crippen LogP contribution in [0.3, 0.4) is 0 Å². The molecule has 0 saturated carbocycles. The van der Waals surface area contributed by atoms with Gasteiger partial charge < -0.3 is 10.6 Å². The first kappa shape index (κ1) is 8.50. The standard InChI is InChI=1S/C8H11N3OS/c1-5-4-13-8(10-5)11-6-2-7(12)9-3-6/h4,6H,2-3H2,1H3,(H,9,12)(H,10,11). The maximum atomic E-state index is 10.9. The van der Waals surface area contributed by atoms with Gasteiger partial charge in [0.05, 0.1) is 11.7 Å². The molecule has 0 spiro atoms. The number of thiazole rings is 1. The van der Waals surface area contributed by atoms with Crippen LogP contribution in [0.2, 0.25) is 0 Å². The molecule has 2 rings (SSSR count). The molecule has 0 aromatic carbocycles. The number of aromatic nitrogens is 1. The summed E-state index contributed by atoms with van der Waals surface area (Å²) >= 11 is 1.58. The summed E-state index contributed by atoms with van der Waals surface area (Å²) in [6.45, 7) is 2.66. The average molecular weight is 197 g/mol. The maximum absolute atomic E-state index is 10.9. The Morgan fingerprint density at radius 2 is 2.62 bits per heavy atom. The highest BCUT2D eigenvalue weighted by Crippen LogP contribution is 2.17. The molecular formula is C8H11N3OS. The highest BCUT2D eigenvalue weighted by atomic mass is 32.1. The first-order chi connectivity index (χ1) is 6.24. The minimum Gasteiger partial charge on any atom is -0.356 e. The van der Waals surface area contributed by atoms with E-state index < -0.39 is 0 Å². The molecule has 70 valence electrons. The lowest BCUT2D eigenvalue weighted by atomic mass is 10.3. The molecule has 0 bridgehead atoms. The molecule has 13 heavy (non-hydrogen) atoms. The molecule has 1 aromatic heterocycles. The van der Waals surface area contributed by atoms with Crippen molar-refractivity contribution in [2.45, 2.75) is 19.4 Å². The van der Waals surface area contributed by atoms with Gasteiger partial charge in [-0.15, -0.1) is 11.3 Å². The fourth-order valence-corrected chi connectivity index (χ4v) is 2.07. The van der Waals surface area contributed by atoms with Gasteiger partial charge >= 0.3 is 0 Å². The van der Waals surface area contributed by atoms with E-state index in [0.717, 1.165) is 10.8 Å². The third-order valence-corrected chi connectivity index (χ3v) is 2.82. The van der Waals surface area contributed by atoms with Crippen molar-refractivity contribution in [3.8, 4) is 0 Å². The van der Waals surface area contributed by atoms with E-state index in [9.17, 15) is 4.79 Å². The number of carbonyl (C=O) groups excluding carboxylic acids is 1. The average Bonchev–Trinajstić information content (AvgIpc) is 2.62. The summed E-state index contributed by atoms with van der Waals surface area (Å²) < 4.78 is 0. The minimum absolute atomic E-state index is 0.116. The first-order valence-electron chi connectivity index (χ1n) is 4.19. The molecule has 1 aromatic rings. The lowest BCUT2D eigenvalue weighted by Crippen LogP contribution is -2.22. The molecule has 1 unspecified atom stereocenters. The van der Waals surface area contributed by atoms with Crippen molar-refractivity contribution in [3.63, 3.8) is 0 Å². The predicted molar refractivity (Wildman–Crippen MR) is 51.9 cm³/mol. The SMILES string of the molecule is Cc1csc(NC2CNC(=O)C2)n1. The van der Waals surface area contributed by atoms with Crippen LogP contribution >= 0.6 is 11.3 Å². The highest BCUT2D eigenvalue weighted by molar-refractivity contribution is 7.13. The number of nitrogens with one attached hydrogen (secondary N) is 2. The number of anilines is 1. The Labute approximate surface area is 80.4 Å². The summed E-state index contributed by atoms with van der Waals surface area (Å²) in [5.41, 5.74) is 1.02. The molecule has 1 atom stereocenters. The lowest BCUT2D eigenvalue weighted by molar-refractivity contribution is -0.119. The van der Waals surface area contributed by atoms with E-state index in [4.69, 9.17) is 0 Å². The van der Waals surface area contributed by atoms with Crippen LogP contribution in [0.1, 0.15) is 12.1 Å². The number of nitrogens with zero attached hydrogens (tertiary/aromatic N) is 1. The minimum atomic E-state index is 0.116. The Hall–Kier alpha value is -1.10. The molecule has 2 heterocycles. The van der Waals surface area contributed by atoms with Gasteiger partial charge in [-0.1, -0.05) is 0 Å². The van der Waals surface area contributed by atoms with Crippen LogP contribution in [0.4, 0.5) is 5.13 Å². The van der Waals surface area contributed by atoms with Gasteiger partial charge in [0, 0.05) is 18.3 Å². The molecule has 5 heteroatoms. The van der Waals surface area contributed by atoms with Crippen molar-refractivity contribution in [1.82, 2.24) is 10.3 Å². The second-order valence-corrected chi connectivity index (χ2v) is 4.00. The zero-order valence-corrected chi connectivity index (χ0v) is 8.15. The van der Waals surface area contributed by atoms with E-state index in [1.807, 2.05) is 12.3 Å². The molecule has 0 aliphatic carbocycles. The predicted octanol–water partition coefficient (Wildman–Crippen LogP) is 0.752. The second kappa shape index (κ2) is 3.33. The maximum Gasteiger partial charge on any atom is 0.222 e. The van der Waals surface area contributed by atoms with Crippen molar-refractivity contribution in [3.05, 3.63) is 11.1 Å². The number of hydrogen-bond donors (Lipinski definition) is 2. The van der Waals surface area contributed by atoms with E-state index >= 15 is 0 Å². The van der Waals surface area contributed by atoms with Crippen LogP contribution < -0.4 is 10.6 Å². The van der Waals surface area contributed by atoms with Gasteiger partial charge in [-0.2, -0.15) is 0 Å². The van der Waals surface area contributed by atoms with Crippen LogP contribution in [0.25, 0.3) is 0 Å². The number of rotatable bonds is 2. The first-order valence-corrected chi connectivity index (χ1v) is 5.07. The van der Waals surface area contributed by atoms with Gasteiger partial charge in [0.2, 0.25) is 5.91 Å². The van der Waals surface area contributed by atoms with Crippen LogP contribution in [0, 0.1) is 6.92 Å². The molecule has 1 aliphatic rings. The summed E-state index contributed by atoms with van der Waals surface area (Å²) in [7, 11) is 0.